The van der Waals surface area contributed by atoms with Crippen LogP contribution < -0.4 is 5.73 Å². The van der Waals surface area contributed by atoms with Crippen LogP contribution in [0, 0.1) is 6.92 Å². The predicted molar refractivity (Wildman–Crippen MR) is 48.5 cm³/mol. The van der Waals surface area contributed by atoms with Gasteiger partial charge in [-0.05, 0) is 6.92 Å². The van der Waals surface area contributed by atoms with Crippen LogP contribution in [0.4, 0.5) is 0 Å². The minimum absolute atomic E-state index is 0.455. The Morgan fingerprint density at radius 2 is 2.64 bits per heavy atom. The number of aromatic nitrogens is 1. The molecule has 1 aromatic heterocycles. The maximum Gasteiger partial charge on any atom is 0.128 e. The van der Waals surface area contributed by atoms with Crippen LogP contribution in [0.5, 0.6) is 0 Å². The number of thiazole rings is 1. The van der Waals surface area contributed by atoms with Gasteiger partial charge in [0, 0.05) is 23.2 Å². The van der Waals surface area contributed by atoms with Crippen LogP contribution in [0.2, 0.25) is 0 Å². The average molecular weight is 166 g/mol. The molecule has 0 atom stereocenters. The van der Waals surface area contributed by atoms with Crippen molar-refractivity contribution in [2.75, 3.05) is 6.54 Å². The number of hydrogen-bond acceptors (Lipinski definition) is 3. The summed E-state index contributed by atoms with van der Waals surface area (Å²) in [5, 5.41) is 0.931. The fourth-order valence-corrected chi connectivity index (χ4v) is 1.52. The van der Waals surface area contributed by atoms with Gasteiger partial charge in [-0.1, -0.05) is 6.58 Å². The van der Waals surface area contributed by atoms with Gasteiger partial charge in [0.25, 0.3) is 0 Å². The van der Waals surface area contributed by atoms with Crippen molar-refractivity contribution in [1.82, 2.24) is 4.98 Å². The van der Waals surface area contributed by atoms with Crippen molar-refractivity contribution >= 4 is 16.9 Å². The maximum atomic E-state index is 5.45. The van der Waals surface area contributed by atoms with Gasteiger partial charge in [-0.25, -0.2) is 4.98 Å². The summed E-state index contributed by atoms with van der Waals surface area (Å²) in [6, 6.07) is 0. The van der Waals surface area contributed by atoms with Crippen LogP contribution in [-0.4, -0.2) is 11.5 Å². The van der Waals surface area contributed by atoms with E-state index in [9.17, 15) is 0 Å². The summed E-state index contributed by atoms with van der Waals surface area (Å²) < 4.78 is 0. The molecule has 0 aliphatic carbocycles. The summed E-state index contributed by atoms with van der Waals surface area (Å²) in [5.41, 5.74) is 9.11. The summed E-state index contributed by atoms with van der Waals surface area (Å²) in [6.45, 7) is 6.01. The van der Waals surface area contributed by atoms with Gasteiger partial charge in [0.05, 0.1) is 0 Å². The molecule has 0 aromatic carbocycles. The maximum absolute atomic E-state index is 5.45. The molecule has 2 N–H and O–H groups in total. The first-order valence-corrected chi connectivity index (χ1v) is 4.11. The van der Waals surface area contributed by atoms with E-state index in [2.05, 4.69) is 17.3 Å². The van der Waals surface area contributed by atoms with Crippen LogP contribution in [0.3, 0.4) is 0 Å². The lowest BCUT2D eigenvalue weighted by atomic mass is 10.3. The lowest BCUT2D eigenvalue weighted by Crippen LogP contribution is -2.00. The van der Waals surface area contributed by atoms with Crippen molar-refractivity contribution in [3.8, 4) is 0 Å². The van der Waals surface area contributed by atoms with Crippen LogP contribution >= 0.6 is 11.3 Å². The molecule has 0 bridgehead atoms. The quantitative estimate of drug-likeness (QED) is 0.677. The molecule has 3 heteroatoms. The van der Waals surface area contributed by atoms with Gasteiger partial charge in [0.15, 0.2) is 0 Å². The molecule has 0 radical (unpaired) electrons. The lowest BCUT2D eigenvalue weighted by molar-refractivity contribution is 1.24. The predicted octanol–water partition coefficient (Wildman–Crippen LogP) is 1.58. The van der Waals surface area contributed by atoms with E-state index in [0.717, 1.165) is 10.6 Å². The van der Waals surface area contributed by atoms with Crippen molar-refractivity contribution in [2.24, 2.45) is 5.73 Å². The van der Waals surface area contributed by atoms with E-state index in [4.69, 9.17) is 5.73 Å². The number of rotatable bonds is 2. The molecule has 0 spiro atoms. The summed E-state index contributed by atoms with van der Waals surface area (Å²) >= 11 is 1.61. The highest BCUT2D eigenvalue weighted by molar-refractivity contribution is 7.12. The largest absolute Gasteiger partial charge is 0.326 e. The summed E-state index contributed by atoms with van der Waals surface area (Å²) in [5.74, 6) is 0. The van der Waals surface area contributed by atoms with Crippen molar-refractivity contribution in [3.05, 3.63) is 28.4 Å². The Bertz CT molecular complexity index is 295. The minimum Gasteiger partial charge on any atom is -0.326 e. The Balaban J connectivity index is 3.01. The number of nitrogens with two attached hydrogens (primary N) is 1. The van der Waals surface area contributed by atoms with Crippen molar-refractivity contribution in [3.63, 3.8) is 0 Å². The van der Waals surface area contributed by atoms with Crippen molar-refractivity contribution in [1.29, 1.82) is 0 Å². The van der Waals surface area contributed by atoms with Gasteiger partial charge in [-0.2, -0.15) is 0 Å². The van der Waals surface area contributed by atoms with E-state index in [1.165, 1.54) is 4.88 Å². The van der Waals surface area contributed by atoms with E-state index in [-0.39, 0.29) is 0 Å². The first kappa shape index (κ1) is 8.21. The van der Waals surface area contributed by atoms with E-state index >= 15 is 0 Å². The normalized spacial score (nSPS) is 9.27. The van der Waals surface area contributed by atoms with Crippen molar-refractivity contribution in [2.45, 2.75) is 6.92 Å². The summed E-state index contributed by atoms with van der Waals surface area (Å²) in [7, 11) is 0. The molecule has 58 valence electrons. The molecular formula is C8H10N2S. The molecule has 0 saturated carbocycles. The molecule has 2 nitrogen and oxygen atoms in total. The van der Waals surface area contributed by atoms with Gasteiger partial charge >= 0.3 is 0 Å². The molecule has 1 rings (SSSR count). The molecule has 0 aliphatic heterocycles. The Kier molecular flexibility index (Phi) is 2.60. The fourth-order valence-electron chi connectivity index (χ4n) is 0.729. The molecule has 11 heavy (non-hydrogen) atoms. The molecular weight excluding hydrogens is 156 g/mol. The van der Waals surface area contributed by atoms with Crippen LogP contribution in [0.25, 0.3) is 5.57 Å². The average Bonchev–Trinajstić information content (AvgIpc) is 2.39. The second-order valence-electron chi connectivity index (χ2n) is 2.14. The van der Waals surface area contributed by atoms with Crippen LogP contribution in [-0.2, 0) is 0 Å². The standard InChI is InChI=1S/C8H10N2S/c1-3-7(4-9)8-10-5-6(2)11-8/h5H,1,4,9H2,2H3. The highest BCUT2D eigenvalue weighted by Gasteiger charge is 2.01. The Labute approximate surface area is 70.1 Å². The van der Waals surface area contributed by atoms with Gasteiger partial charge in [0.1, 0.15) is 5.01 Å². The highest BCUT2D eigenvalue weighted by Crippen LogP contribution is 2.18. The number of nitrogens with zero attached hydrogens (tertiary/aromatic N) is 1. The second-order valence-corrected chi connectivity index (χ2v) is 3.37. The van der Waals surface area contributed by atoms with Crippen LogP contribution in [0.1, 0.15) is 9.88 Å². The highest BCUT2D eigenvalue weighted by atomic mass is 32.1. The SMILES string of the molecule is C=C=C(CN)c1ncc(C)s1. The van der Waals surface area contributed by atoms with E-state index < -0.39 is 0 Å². The molecule has 0 aliphatic rings. The molecule has 0 amide bonds. The minimum atomic E-state index is 0.455. The van der Waals surface area contributed by atoms with Gasteiger partial charge in [0.2, 0.25) is 0 Å². The third-order valence-corrected chi connectivity index (χ3v) is 2.27. The monoisotopic (exact) mass is 166 g/mol. The molecule has 0 unspecified atom stereocenters. The molecule has 1 aromatic rings. The van der Waals surface area contributed by atoms with E-state index in [1.54, 1.807) is 11.3 Å². The molecule has 1 heterocycles. The first-order chi connectivity index (χ1) is 5.27. The fraction of sp³-hybridized carbons (Fsp3) is 0.250. The summed E-state index contributed by atoms with van der Waals surface area (Å²) in [4.78, 5) is 5.34. The third kappa shape index (κ3) is 1.77. The topological polar surface area (TPSA) is 38.9 Å². The number of hydrogen-bond donors (Lipinski definition) is 1. The van der Waals surface area contributed by atoms with E-state index in [0.29, 0.717) is 6.54 Å². The summed E-state index contributed by atoms with van der Waals surface area (Å²) in [6.07, 6.45) is 1.83. The lowest BCUT2D eigenvalue weighted by Gasteiger charge is -1.92. The number of aryl methyl sites for hydroxylation is 1. The molecule has 0 fully saturated rings. The van der Waals surface area contributed by atoms with E-state index in [1.807, 2.05) is 13.1 Å². The zero-order chi connectivity index (χ0) is 8.27. The Hall–Kier alpha value is -0.890. The zero-order valence-corrected chi connectivity index (χ0v) is 7.24. The third-order valence-electron chi connectivity index (χ3n) is 1.30. The van der Waals surface area contributed by atoms with Crippen molar-refractivity contribution < 1.29 is 0 Å². The second kappa shape index (κ2) is 3.49. The Morgan fingerprint density at radius 1 is 1.91 bits per heavy atom. The van der Waals surface area contributed by atoms with Gasteiger partial charge in [-0.3, -0.25) is 0 Å². The first-order valence-electron chi connectivity index (χ1n) is 3.29. The van der Waals surface area contributed by atoms with Gasteiger partial charge < -0.3 is 5.73 Å². The smallest absolute Gasteiger partial charge is 0.128 e. The zero-order valence-electron chi connectivity index (χ0n) is 6.42. The van der Waals surface area contributed by atoms with Gasteiger partial charge in [-0.15, -0.1) is 17.1 Å². The van der Waals surface area contributed by atoms with Crippen LogP contribution in [0.15, 0.2) is 18.5 Å². The molecule has 0 saturated heterocycles. The Morgan fingerprint density at radius 3 is 3.00 bits per heavy atom.